The standard InChI is InChI=1S/C26H26N2O6/c1-3-4-15-33-21-13-9-18(10-14-21)24(29)28-23(17-22-6-5-16-34-22)25(30)27-20-11-7-19(8-12-20)26(31)32-2/h5-14,16-17H,3-4,15H2,1-2H3,(H,27,30)(H,28,29). The van der Waals surface area contributed by atoms with Crippen molar-refractivity contribution in [2.45, 2.75) is 19.8 Å². The number of unbranched alkanes of at least 4 members (excludes halogenated alkanes) is 1. The monoisotopic (exact) mass is 462 g/mol. The van der Waals surface area contributed by atoms with Crippen LogP contribution in [0.5, 0.6) is 5.75 Å². The van der Waals surface area contributed by atoms with Crippen molar-refractivity contribution >= 4 is 29.5 Å². The van der Waals surface area contributed by atoms with Gasteiger partial charge in [0.2, 0.25) is 0 Å². The van der Waals surface area contributed by atoms with E-state index >= 15 is 0 Å². The van der Waals surface area contributed by atoms with Crippen molar-refractivity contribution in [3.63, 3.8) is 0 Å². The van der Waals surface area contributed by atoms with Crippen LogP contribution in [0, 0.1) is 0 Å². The maximum atomic E-state index is 12.9. The summed E-state index contributed by atoms with van der Waals surface area (Å²) in [5.74, 6) is -0.440. The van der Waals surface area contributed by atoms with Crippen LogP contribution < -0.4 is 15.4 Å². The number of hydrogen-bond donors (Lipinski definition) is 2. The van der Waals surface area contributed by atoms with Gasteiger partial charge >= 0.3 is 5.97 Å². The van der Waals surface area contributed by atoms with E-state index in [0.29, 0.717) is 34.9 Å². The van der Waals surface area contributed by atoms with Crippen LogP contribution in [0.2, 0.25) is 0 Å². The van der Waals surface area contributed by atoms with Crippen LogP contribution in [0.1, 0.15) is 46.2 Å². The minimum Gasteiger partial charge on any atom is -0.494 e. The molecule has 0 aliphatic rings. The van der Waals surface area contributed by atoms with Crippen molar-refractivity contribution in [2.75, 3.05) is 19.0 Å². The Kier molecular flexibility index (Phi) is 8.62. The van der Waals surface area contributed by atoms with Gasteiger partial charge in [0, 0.05) is 17.3 Å². The molecule has 0 radical (unpaired) electrons. The number of ether oxygens (including phenoxy) is 2. The van der Waals surface area contributed by atoms with Gasteiger partial charge in [0.15, 0.2) is 0 Å². The highest BCUT2D eigenvalue weighted by Gasteiger charge is 2.16. The molecule has 2 amide bonds. The number of nitrogens with one attached hydrogen (secondary N) is 2. The van der Waals surface area contributed by atoms with Crippen molar-refractivity contribution in [1.82, 2.24) is 5.32 Å². The van der Waals surface area contributed by atoms with Crippen LogP contribution >= 0.6 is 0 Å². The molecule has 3 aromatic rings. The summed E-state index contributed by atoms with van der Waals surface area (Å²) in [5.41, 5.74) is 1.14. The molecule has 0 spiro atoms. The number of hydrogen-bond acceptors (Lipinski definition) is 6. The number of esters is 1. The van der Waals surface area contributed by atoms with E-state index in [2.05, 4.69) is 22.3 Å². The lowest BCUT2D eigenvalue weighted by molar-refractivity contribution is -0.113. The summed E-state index contributed by atoms with van der Waals surface area (Å²) >= 11 is 0. The maximum Gasteiger partial charge on any atom is 0.337 e. The van der Waals surface area contributed by atoms with Gasteiger partial charge in [-0.05, 0) is 67.1 Å². The molecule has 0 saturated carbocycles. The molecule has 0 unspecified atom stereocenters. The normalized spacial score (nSPS) is 10.9. The van der Waals surface area contributed by atoms with Crippen LogP contribution in [0.15, 0.2) is 77.0 Å². The van der Waals surface area contributed by atoms with Crippen molar-refractivity contribution in [3.05, 3.63) is 89.5 Å². The lowest BCUT2D eigenvalue weighted by Crippen LogP contribution is -2.30. The van der Waals surface area contributed by atoms with Gasteiger partial charge in [-0.3, -0.25) is 9.59 Å². The van der Waals surface area contributed by atoms with E-state index in [1.54, 1.807) is 48.5 Å². The molecule has 1 aromatic heterocycles. The number of methoxy groups -OCH3 is 1. The number of carbonyl (C=O) groups excluding carboxylic acids is 3. The smallest absolute Gasteiger partial charge is 0.337 e. The molecular weight excluding hydrogens is 436 g/mol. The molecule has 0 aliphatic heterocycles. The zero-order valence-corrected chi connectivity index (χ0v) is 19.0. The van der Waals surface area contributed by atoms with Crippen LogP contribution in [-0.2, 0) is 9.53 Å². The van der Waals surface area contributed by atoms with E-state index in [0.717, 1.165) is 12.8 Å². The summed E-state index contributed by atoms with van der Waals surface area (Å²) in [6.07, 6.45) is 4.87. The van der Waals surface area contributed by atoms with Crippen molar-refractivity contribution in [2.24, 2.45) is 0 Å². The summed E-state index contributed by atoms with van der Waals surface area (Å²) < 4.78 is 15.6. The number of carbonyl (C=O) groups is 3. The van der Waals surface area contributed by atoms with Gasteiger partial charge in [-0.2, -0.15) is 0 Å². The fourth-order valence-corrected chi connectivity index (χ4v) is 2.91. The molecule has 2 N–H and O–H groups in total. The molecule has 34 heavy (non-hydrogen) atoms. The third-order valence-corrected chi connectivity index (χ3v) is 4.77. The summed E-state index contributed by atoms with van der Waals surface area (Å²) in [5, 5.41) is 5.33. The lowest BCUT2D eigenvalue weighted by Gasteiger charge is -2.12. The van der Waals surface area contributed by atoms with E-state index in [1.165, 1.54) is 31.6 Å². The predicted molar refractivity (Wildman–Crippen MR) is 127 cm³/mol. The summed E-state index contributed by atoms with van der Waals surface area (Å²) in [7, 11) is 1.29. The zero-order valence-electron chi connectivity index (χ0n) is 19.0. The highest BCUT2D eigenvalue weighted by atomic mass is 16.5. The Morgan fingerprint density at radius 3 is 2.29 bits per heavy atom. The van der Waals surface area contributed by atoms with Gasteiger partial charge < -0.3 is 24.5 Å². The highest BCUT2D eigenvalue weighted by molar-refractivity contribution is 6.10. The number of rotatable bonds is 10. The quantitative estimate of drug-likeness (QED) is 0.258. The minimum atomic E-state index is -0.560. The van der Waals surface area contributed by atoms with E-state index in [9.17, 15) is 14.4 Å². The SMILES string of the molecule is CCCCOc1ccc(C(=O)NC(=Cc2ccco2)C(=O)Nc2ccc(C(=O)OC)cc2)cc1. The van der Waals surface area contributed by atoms with Crippen molar-refractivity contribution in [1.29, 1.82) is 0 Å². The first kappa shape index (κ1) is 24.3. The molecule has 0 aliphatic carbocycles. The Labute approximate surface area is 197 Å². The first-order valence-corrected chi connectivity index (χ1v) is 10.8. The molecular formula is C26H26N2O6. The van der Waals surface area contributed by atoms with Gasteiger partial charge in [0.1, 0.15) is 17.2 Å². The van der Waals surface area contributed by atoms with Gasteiger partial charge in [0.05, 0.1) is 25.5 Å². The highest BCUT2D eigenvalue weighted by Crippen LogP contribution is 2.15. The molecule has 8 heteroatoms. The Morgan fingerprint density at radius 1 is 0.971 bits per heavy atom. The molecule has 0 fully saturated rings. The molecule has 0 bridgehead atoms. The molecule has 1 heterocycles. The number of amides is 2. The molecule has 176 valence electrons. The van der Waals surface area contributed by atoms with E-state index < -0.39 is 17.8 Å². The molecule has 0 saturated heterocycles. The van der Waals surface area contributed by atoms with E-state index in [1.807, 2.05) is 0 Å². The minimum absolute atomic E-state index is 0.0136. The third-order valence-electron chi connectivity index (χ3n) is 4.77. The van der Waals surface area contributed by atoms with Crippen LogP contribution in [0.3, 0.4) is 0 Å². The summed E-state index contributed by atoms with van der Waals surface area (Å²) in [6.45, 7) is 2.69. The molecule has 8 nitrogen and oxygen atoms in total. The average molecular weight is 463 g/mol. The van der Waals surface area contributed by atoms with Gasteiger partial charge in [-0.25, -0.2) is 4.79 Å². The first-order chi connectivity index (χ1) is 16.5. The number of benzene rings is 2. The topological polar surface area (TPSA) is 107 Å². The molecule has 0 atom stereocenters. The van der Waals surface area contributed by atoms with Crippen molar-refractivity contribution < 1.29 is 28.3 Å². The average Bonchev–Trinajstić information content (AvgIpc) is 3.37. The third kappa shape index (κ3) is 6.83. The molecule has 2 aromatic carbocycles. The van der Waals surface area contributed by atoms with E-state index in [-0.39, 0.29) is 5.70 Å². The fourth-order valence-electron chi connectivity index (χ4n) is 2.91. The second-order valence-electron chi connectivity index (χ2n) is 7.28. The van der Waals surface area contributed by atoms with E-state index in [4.69, 9.17) is 9.15 Å². The first-order valence-electron chi connectivity index (χ1n) is 10.8. The Hall–Kier alpha value is -4.33. The second-order valence-corrected chi connectivity index (χ2v) is 7.28. The predicted octanol–water partition coefficient (Wildman–Crippen LogP) is 4.65. The van der Waals surface area contributed by atoms with Gasteiger partial charge in [-0.15, -0.1) is 0 Å². The van der Waals surface area contributed by atoms with Crippen LogP contribution in [0.4, 0.5) is 5.69 Å². The van der Waals surface area contributed by atoms with Crippen molar-refractivity contribution in [3.8, 4) is 5.75 Å². The van der Waals surface area contributed by atoms with Crippen LogP contribution in [-0.4, -0.2) is 31.5 Å². The maximum absolute atomic E-state index is 12.9. The lowest BCUT2D eigenvalue weighted by atomic mass is 10.2. The van der Waals surface area contributed by atoms with Crippen LogP contribution in [0.25, 0.3) is 6.08 Å². The zero-order chi connectivity index (χ0) is 24.3. The van der Waals surface area contributed by atoms with Gasteiger partial charge in [0.25, 0.3) is 11.8 Å². The number of furan rings is 1. The largest absolute Gasteiger partial charge is 0.494 e. The summed E-state index contributed by atoms with van der Waals surface area (Å²) in [4.78, 5) is 37.3. The fraction of sp³-hybridized carbons (Fsp3) is 0.192. The Morgan fingerprint density at radius 2 is 1.68 bits per heavy atom. The summed E-state index contributed by atoms with van der Waals surface area (Å²) in [6, 6.07) is 16.2. The Bertz CT molecular complexity index is 1130. The molecule has 3 rings (SSSR count). The number of anilines is 1. The second kappa shape index (κ2) is 12.1. The Balaban J connectivity index is 1.73. The van der Waals surface area contributed by atoms with Gasteiger partial charge in [-0.1, -0.05) is 13.3 Å².